The highest BCUT2D eigenvalue weighted by molar-refractivity contribution is 5.95. The summed E-state index contributed by atoms with van der Waals surface area (Å²) in [5, 5.41) is 26.2. The highest BCUT2D eigenvalue weighted by Gasteiger charge is 2.30. The number of aliphatic carboxylic acids is 1. The van der Waals surface area contributed by atoms with Crippen molar-refractivity contribution in [3.05, 3.63) is 36.0 Å². The van der Waals surface area contributed by atoms with Gasteiger partial charge in [0.25, 0.3) is 0 Å². The van der Waals surface area contributed by atoms with E-state index >= 15 is 0 Å². The Labute approximate surface area is 200 Å². The van der Waals surface area contributed by atoms with Crippen molar-refractivity contribution in [3.63, 3.8) is 0 Å². The fourth-order valence-electron chi connectivity index (χ4n) is 3.32. The van der Waals surface area contributed by atoms with E-state index in [9.17, 15) is 29.1 Å². The van der Waals surface area contributed by atoms with Crippen molar-refractivity contribution in [1.29, 1.82) is 0 Å². The van der Waals surface area contributed by atoms with E-state index in [4.69, 9.17) is 16.6 Å². The number of hydrogen-bond acceptors (Lipinski definition) is 7. The lowest BCUT2D eigenvalue weighted by molar-refractivity contribution is -0.143. The standard InChI is InChI=1S/C22H30N6O7/c1-11(23)19(31)27-16(8-12-9-25-14-5-3-2-4-13(12)14)21(33)26-15(6-7-18(24)30)20(32)28-17(10-29)22(34)35/h2-5,9,11,15-17,25,29H,6-8,10,23H2,1H3,(H2,24,30)(H,26,33)(H,27,31)(H,28,32)(H,34,35). The lowest BCUT2D eigenvalue weighted by atomic mass is 10.0. The molecule has 0 spiro atoms. The highest BCUT2D eigenvalue weighted by atomic mass is 16.4. The average molecular weight is 491 g/mol. The number of aliphatic hydroxyl groups is 1. The number of primary amides is 1. The van der Waals surface area contributed by atoms with Crippen molar-refractivity contribution >= 4 is 40.5 Å². The van der Waals surface area contributed by atoms with Crippen LogP contribution >= 0.6 is 0 Å². The molecule has 0 saturated heterocycles. The number of para-hydroxylation sites is 1. The van der Waals surface area contributed by atoms with Crippen LogP contribution in [0, 0.1) is 0 Å². The zero-order valence-corrected chi connectivity index (χ0v) is 19.1. The predicted molar refractivity (Wildman–Crippen MR) is 125 cm³/mol. The van der Waals surface area contributed by atoms with E-state index in [1.807, 2.05) is 24.3 Å². The topological polar surface area (TPSA) is 230 Å². The second-order valence-corrected chi connectivity index (χ2v) is 8.06. The Kier molecular flexibility index (Phi) is 9.73. The summed E-state index contributed by atoms with van der Waals surface area (Å²) in [6.07, 6.45) is 1.23. The molecule has 4 unspecified atom stereocenters. The van der Waals surface area contributed by atoms with Crippen molar-refractivity contribution in [1.82, 2.24) is 20.9 Å². The van der Waals surface area contributed by atoms with Crippen molar-refractivity contribution in [2.24, 2.45) is 11.5 Å². The maximum Gasteiger partial charge on any atom is 0.328 e. The summed E-state index contributed by atoms with van der Waals surface area (Å²) < 4.78 is 0. The number of nitrogens with one attached hydrogen (secondary N) is 4. The van der Waals surface area contributed by atoms with E-state index in [2.05, 4.69) is 20.9 Å². The molecule has 190 valence electrons. The molecule has 2 rings (SSSR count). The average Bonchev–Trinajstić information content (AvgIpc) is 3.21. The molecule has 0 saturated carbocycles. The molecular formula is C22H30N6O7. The van der Waals surface area contributed by atoms with Gasteiger partial charge in [-0.05, 0) is 25.0 Å². The fraction of sp³-hybridized carbons (Fsp3) is 0.409. The molecule has 0 aliphatic carbocycles. The minimum absolute atomic E-state index is 0.0485. The zero-order valence-electron chi connectivity index (χ0n) is 19.1. The maximum absolute atomic E-state index is 13.2. The summed E-state index contributed by atoms with van der Waals surface area (Å²) in [5.74, 6) is -4.53. The third-order valence-corrected chi connectivity index (χ3v) is 5.26. The van der Waals surface area contributed by atoms with Gasteiger partial charge in [0.2, 0.25) is 23.6 Å². The number of carboxylic acid groups (broad SMARTS) is 1. The first-order valence-electron chi connectivity index (χ1n) is 10.9. The SMILES string of the molecule is CC(N)C(=O)NC(Cc1c[nH]c2ccccc12)C(=O)NC(CCC(N)=O)C(=O)NC(CO)C(=O)O. The minimum Gasteiger partial charge on any atom is -0.480 e. The van der Waals surface area contributed by atoms with Crippen LogP contribution in [0.3, 0.4) is 0 Å². The van der Waals surface area contributed by atoms with Gasteiger partial charge in [-0.2, -0.15) is 0 Å². The predicted octanol–water partition coefficient (Wildman–Crippen LogP) is -2.15. The lowest BCUT2D eigenvalue weighted by Crippen LogP contribution is -2.57. The van der Waals surface area contributed by atoms with Crippen LogP contribution in [-0.2, 0) is 30.4 Å². The van der Waals surface area contributed by atoms with Crippen molar-refractivity contribution in [3.8, 4) is 0 Å². The molecule has 1 aromatic heterocycles. The van der Waals surface area contributed by atoms with Crippen LogP contribution in [0.4, 0.5) is 0 Å². The molecule has 35 heavy (non-hydrogen) atoms. The molecule has 2 aromatic rings. The molecule has 13 nitrogen and oxygen atoms in total. The van der Waals surface area contributed by atoms with Crippen LogP contribution in [0.25, 0.3) is 10.9 Å². The van der Waals surface area contributed by atoms with Crippen LogP contribution in [0.2, 0.25) is 0 Å². The summed E-state index contributed by atoms with van der Waals surface area (Å²) in [7, 11) is 0. The van der Waals surface area contributed by atoms with E-state index in [0.29, 0.717) is 0 Å². The van der Waals surface area contributed by atoms with Gasteiger partial charge in [-0.1, -0.05) is 18.2 Å². The first kappa shape index (κ1) is 27.3. The highest BCUT2D eigenvalue weighted by Crippen LogP contribution is 2.19. The molecule has 13 heteroatoms. The summed E-state index contributed by atoms with van der Waals surface area (Å²) in [4.78, 5) is 63.6. The van der Waals surface area contributed by atoms with Crippen molar-refractivity contribution in [2.75, 3.05) is 6.61 Å². The number of aliphatic hydroxyl groups excluding tert-OH is 1. The van der Waals surface area contributed by atoms with Gasteiger partial charge < -0.3 is 42.6 Å². The van der Waals surface area contributed by atoms with E-state index in [-0.39, 0.29) is 19.3 Å². The van der Waals surface area contributed by atoms with Crippen LogP contribution in [0.5, 0.6) is 0 Å². The Morgan fingerprint density at radius 3 is 2.17 bits per heavy atom. The van der Waals surface area contributed by atoms with E-state index in [0.717, 1.165) is 16.5 Å². The van der Waals surface area contributed by atoms with E-state index in [1.54, 1.807) is 6.20 Å². The molecule has 0 bridgehead atoms. The molecule has 0 fully saturated rings. The summed E-state index contributed by atoms with van der Waals surface area (Å²) >= 11 is 0. The van der Waals surface area contributed by atoms with Gasteiger partial charge in [0, 0.05) is 29.9 Å². The molecule has 0 radical (unpaired) electrons. The molecule has 1 aromatic carbocycles. The third-order valence-electron chi connectivity index (χ3n) is 5.26. The number of amides is 4. The molecule has 0 aliphatic heterocycles. The molecule has 10 N–H and O–H groups in total. The first-order chi connectivity index (χ1) is 16.5. The normalized spacial score (nSPS) is 14.4. The number of carboxylic acids is 1. The number of benzene rings is 1. The number of fused-ring (bicyclic) bond motifs is 1. The lowest BCUT2D eigenvalue weighted by Gasteiger charge is -2.24. The maximum atomic E-state index is 13.2. The number of aromatic nitrogens is 1. The van der Waals surface area contributed by atoms with Gasteiger partial charge in [-0.25, -0.2) is 4.79 Å². The van der Waals surface area contributed by atoms with Crippen LogP contribution in [0.1, 0.15) is 25.3 Å². The first-order valence-corrected chi connectivity index (χ1v) is 10.9. The van der Waals surface area contributed by atoms with Crippen LogP contribution in [0.15, 0.2) is 30.5 Å². The fourth-order valence-corrected chi connectivity index (χ4v) is 3.32. The Balaban J connectivity index is 2.27. The van der Waals surface area contributed by atoms with Gasteiger partial charge in [0.05, 0.1) is 12.6 Å². The number of hydrogen-bond donors (Lipinski definition) is 8. The largest absolute Gasteiger partial charge is 0.480 e. The third kappa shape index (κ3) is 7.79. The smallest absolute Gasteiger partial charge is 0.328 e. The van der Waals surface area contributed by atoms with Gasteiger partial charge in [-0.15, -0.1) is 0 Å². The van der Waals surface area contributed by atoms with Gasteiger partial charge >= 0.3 is 5.97 Å². The second kappa shape index (κ2) is 12.5. The Morgan fingerprint density at radius 2 is 1.57 bits per heavy atom. The Bertz CT molecular complexity index is 1080. The van der Waals surface area contributed by atoms with E-state index in [1.165, 1.54) is 6.92 Å². The van der Waals surface area contributed by atoms with Crippen LogP contribution < -0.4 is 27.4 Å². The molecule has 1 heterocycles. The molecule has 4 atom stereocenters. The van der Waals surface area contributed by atoms with Gasteiger partial charge in [-0.3, -0.25) is 19.2 Å². The molecule has 0 aliphatic rings. The summed E-state index contributed by atoms with van der Waals surface area (Å²) in [6, 6.07) is 2.30. The number of aromatic amines is 1. The minimum atomic E-state index is -1.62. The second-order valence-electron chi connectivity index (χ2n) is 8.06. The monoisotopic (exact) mass is 490 g/mol. The number of H-pyrrole nitrogens is 1. The molecule has 4 amide bonds. The molecular weight excluding hydrogens is 460 g/mol. The number of carbonyl (C=O) groups is 5. The van der Waals surface area contributed by atoms with Crippen molar-refractivity contribution < 1.29 is 34.2 Å². The quantitative estimate of drug-likeness (QED) is 0.154. The number of rotatable bonds is 13. The van der Waals surface area contributed by atoms with Crippen LogP contribution in [-0.4, -0.2) is 75.6 Å². The van der Waals surface area contributed by atoms with E-state index < -0.39 is 60.4 Å². The zero-order chi connectivity index (χ0) is 26.1. The Morgan fingerprint density at radius 1 is 0.971 bits per heavy atom. The number of nitrogens with two attached hydrogens (primary N) is 2. The van der Waals surface area contributed by atoms with Gasteiger partial charge in [0.1, 0.15) is 18.1 Å². The number of carbonyl (C=O) groups excluding carboxylic acids is 4. The summed E-state index contributed by atoms with van der Waals surface area (Å²) in [6.45, 7) is 0.561. The van der Waals surface area contributed by atoms with Gasteiger partial charge in [0.15, 0.2) is 0 Å². The van der Waals surface area contributed by atoms with Crippen molar-refractivity contribution in [2.45, 2.75) is 50.4 Å². The Hall–Kier alpha value is -3.97. The summed E-state index contributed by atoms with van der Waals surface area (Å²) in [5.41, 5.74) is 12.3.